The Balaban J connectivity index is 2.31. The monoisotopic (exact) mass is 358 g/mol. The summed E-state index contributed by atoms with van der Waals surface area (Å²) in [5.74, 6) is -0.276. The van der Waals surface area contributed by atoms with Crippen molar-refractivity contribution < 1.29 is 4.79 Å². The Labute approximate surface area is 129 Å². The van der Waals surface area contributed by atoms with Crippen LogP contribution in [0.3, 0.4) is 0 Å². The molecule has 3 nitrogen and oxygen atoms in total. The minimum Gasteiger partial charge on any atom is -0.319 e. The summed E-state index contributed by atoms with van der Waals surface area (Å²) in [6.45, 7) is 1.85. The summed E-state index contributed by atoms with van der Waals surface area (Å²) in [6, 6.07) is 6.73. The molecule has 2 aromatic rings. The highest BCUT2D eigenvalue weighted by Crippen LogP contribution is 2.26. The molecule has 0 saturated carbocycles. The minimum absolute atomic E-state index is 0.262. The third-order valence-corrected chi connectivity index (χ3v) is 3.71. The van der Waals surface area contributed by atoms with Crippen molar-refractivity contribution in [1.29, 1.82) is 0 Å². The molecule has 0 bridgehead atoms. The van der Waals surface area contributed by atoms with E-state index in [1.54, 1.807) is 30.5 Å². The van der Waals surface area contributed by atoms with Crippen molar-refractivity contribution >= 4 is 50.7 Å². The zero-order valence-electron chi connectivity index (χ0n) is 9.88. The Kier molecular flexibility index (Phi) is 4.45. The zero-order valence-corrected chi connectivity index (χ0v) is 13.0. The van der Waals surface area contributed by atoms with E-state index in [1.807, 2.05) is 6.92 Å². The fourth-order valence-corrected chi connectivity index (χ4v) is 2.65. The second-order valence-electron chi connectivity index (χ2n) is 3.87. The topological polar surface area (TPSA) is 42.0 Å². The van der Waals surface area contributed by atoms with Gasteiger partial charge in [-0.2, -0.15) is 0 Å². The second kappa shape index (κ2) is 5.90. The Hall–Kier alpha value is -1.10. The first-order valence-electron chi connectivity index (χ1n) is 5.36. The van der Waals surface area contributed by atoms with E-state index in [-0.39, 0.29) is 11.1 Å². The van der Waals surface area contributed by atoms with Gasteiger partial charge in [0, 0.05) is 15.7 Å². The predicted octanol–water partition coefficient (Wildman–Crippen LogP) is 4.71. The summed E-state index contributed by atoms with van der Waals surface area (Å²) in [4.78, 5) is 16.1. The smallest absolute Gasteiger partial charge is 0.256 e. The van der Waals surface area contributed by atoms with E-state index in [9.17, 15) is 4.79 Å². The van der Waals surface area contributed by atoms with Gasteiger partial charge in [0.25, 0.3) is 5.91 Å². The molecule has 0 aliphatic carbocycles. The molecule has 0 unspecified atom stereocenters. The molecule has 1 N–H and O–H groups in total. The molecule has 0 atom stereocenters. The number of rotatable bonds is 2. The predicted molar refractivity (Wildman–Crippen MR) is 81.1 cm³/mol. The number of anilines is 1. The number of aromatic nitrogens is 1. The first kappa shape index (κ1) is 14.3. The normalized spacial score (nSPS) is 10.3. The van der Waals surface area contributed by atoms with E-state index in [1.165, 1.54) is 0 Å². The van der Waals surface area contributed by atoms with Crippen molar-refractivity contribution in [1.82, 2.24) is 4.98 Å². The summed E-state index contributed by atoms with van der Waals surface area (Å²) in [6.07, 6.45) is 1.59. The molecule has 1 aromatic heterocycles. The Bertz CT molecular complexity index is 626. The maximum atomic E-state index is 12.2. The molecule has 0 radical (unpaired) electrons. The molecular formula is C13H9BrCl2N2O. The molecule has 1 amide bonds. The van der Waals surface area contributed by atoms with Crippen LogP contribution < -0.4 is 5.32 Å². The van der Waals surface area contributed by atoms with Crippen LogP contribution in [-0.4, -0.2) is 10.9 Å². The second-order valence-corrected chi connectivity index (χ2v) is 5.52. The largest absolute Gasteiger partial charge is 0.319 e. The van der Waals surface area contributed by atoms with Crippen LogP contribution in [0.1, 0.15) is 15.9 Å². The number of nitrogens with zero attached hydrogens (tertiary/aromatic N) is 1. The van der Waals surface area contributed by atoms with E-state index in [0.29, 0.717) is 20.7 Å². The third-order valence-electron chi connectivity index (χ3n) is 2.53. The first-order valence-corrected chi connectivity index (χ1v) is 6.91. The molecule has 0 aliphatic heterocycles. The van der Waals surface area contributed by atoms with E-state index < -0.39 is 0 Å². The maximum absolute atomic E-state index is 12.2. The SMILES string of the molecule is Cc1ccnc(Cl)c1NC(=O)c1ccc(Cl)cc1Br. The lowest BCUT2D eigenvalue weighted by molar-refractivity contribution is 0.102. The average Bonchev–Trinajstić information content (AvgIpc) is 2.33. The first-order chi connectivity index (χ1) is 8.99. The summed E-state index contributed by atoms with van der Waals surface area (Å²) in [5, 5.41) is 3.57. The molecule has 0 aliphatic rings. The van der Waals surface area contributed by atoms with Crippen LogP contribution in [0.5, 0.6) is 0 Å². The van der Waals surface area contributed by atoms with Crippen LogP contribution in [0.4, 0.5) is 5.69 Å². The number of carbonyl (C=O) groups is 1. The molecule has 98 valence electrons. The van der Waals surface area contributed by atoms with E-state index in [2.05, 4.69) is 26.2 Å². The van der Waals surface area contributed by atoms with Gasteiger partial charge in [-0.25, -0.2) is 4.98 Å². The number of halogens is 3. The van der Waals surface area contributed by atoms with Gasteiger partial charge in [-0.3, -0.25) is 4.79 Å². The van der Waals surface area contributed by atoms with Gasteiger partial charge in [0.1, 0.15) is 0 Å². The number of amides is 1. The van der Waals surface area contributed by atoms with Gasteiger partial charge in [-0.15, -0.1) is 0 Å². The lowest BCUT2D eigenvalue weighted by Gasteiger charge is -2.10. The van der Waals surface area contributed by atoms with E-state index in [0.717, 1.165) is 5.56 Å². The van der Waals surface area contributed by atoms with Crippen molar-refractivity contribution in [3.8, 4) is 0 Å². The van der Waals surface area contributed by atoms with Crippen molar-refractivity contribution in [3.05, 3.63) is 56.2 Å². The Morgan fingerprint density at radius 3 is 2.68 bits per heavy atom. The van der Waals surface area contributed by atoms with Gasteiger partial charge in [-0.05, 0) is 52.7 Å². The number of carbonyl (C=O) groups excluding carboxylic acids is 1. The van der Waals surface area contributed by atoms with Crippen LogP contribution in [0, 0.1) is 6.92 Å². The number of hydrogen-bond acceptors (Lipinski definition) is 2. The quantitative estimate of drug-likeness (QED) is 0.789. The Morgan fingerprint density at radius 1 is 1.32 bits per heavy atom. The van der Waals surface area contributed by atoms with Gasteiger partial charge in [0.15, 0.2) is 5.15 Å². The molecule has 0 spiro atoms. The zero-order chi connectivity index (χ0) is 14.0. The summed E-state index contributed by atoms with van der Waals surface area (Å²) in [5.41, 5.74) is 1.83. The number of hydrogen-bond donors (Lipinski definition) is 1. The number of aryl methyl sites for hydroxylation is 1. The fourth-order valence-electron chi connectivity index (χ4n) is 1.53. The number of benzene rings is 1. The lowest BCUT2D eigenvalue weighted by atomic mass is 10.2. The van der Waals surface area contributed by atoms with Gasteiger partial charge in [0.05, 0.1) is 11.3 Å². The van der Waals surface area contributed by atoms with Gasteiger partial charge < -0.3 is 5.32 Å². The maximum Gasteiger partial charge on any atom is 0.256 e. The summed E-state index contributed by atoms with van der Waals surface area (Å²) in [7, 11) is 0. The van der Waals surface area contributed by atoms with Crippen LogP contribution in [0.25, 0.3) is 0 Å². The van der Waals surface area contributed by atoms with Crippen molar-refractivity contribution in [2.24, 2.45) is 0 Å². The molecule has 0 fully saturated rings. The molecule has 1 aromatic carbocycles. The highest BCUT2D eigenvalue weighted by molar-refractivity contribution is 9.10. The standard InChI is InChI=1S/C13H9BrCl2N2O/c1-7-4-5-17-12(16)11(7)18-13(19)9-3-2-8(15)6-10(9)14/h2-6H,1H3,(H,18,19). The van der Waals surface area contributed by atoms with Crippen molar-refractivity contribution in [2.45, 2.75) is 6.92 Å². The van der Waals surface area contributed by atoms with Crippen LogP contribution in [-0.2, 0) is 0 Å². The molecule has 2 rings (SSSR count). The molecular weight excluding hydrogens is 351 g/mol. The Morgan fingerprint density at radius 2 is 2.05 bits per heavy atom. The number of pyridine rings is 1. The molecule has 0 saturated heterocycles. The van der Waals surface area contributed by atoms with Crippen LogP contribution in [0.15, 0.2) is 34.9 Å². The fraction of sp³-hybridized carbons (Fsp3) is 0.0769. The minimum atomic E-state index is -0.276. The number of nitrogens with one attached hydrogen (secondary N) is 1. The third kappa shape index (κ3) is 3.26. The average molecular weight is 360 g/mol. The van der Waals surface area contributed by atoms with Crippen molar-refractivity contribution in [3.63, 3.8) is 0 Å². The van der Waals surface area contributed by atoms with Crippen LogP contribution >= 0.6 is 39.1 Å². The van der Waals surface area contributed by atoms with E-state index >= 15 is 0 Å². The molecule has 6 heteroatoms. The van der Waals surface area contributed by atoms with Crippen LogP contribution in [0.2, 0.25) is 10.2 Å². The molecule has 1 heterocycles. The highest BCUT2D eigenvalue weighted by Gasteiger charge is 2.14. The summed E-state index contributed by atoms with van der Waals surface area (Å²) >= 11 is 15.1. The van der Waals surface area contributed by atoms with Gasteiger partial charge >= 0.3 is 0 Å². The highest BCUT2D eigenvalue weighted by atomic mass is 79.9. The van der Waals surface area contributed by atoms with Gasteiger partial charge in [-0.1, -0.05) is 23.2 Å². The van der Waals surface area contributed by atoms with Gasteiger partial charge in [0.2, 0.25) is 0 Å². The molecule has 19 heavy (non-hydrogen) atoms. The summed E-state index contributed by atoms with van der Waals surface area (Å²) < 4.78 is 0.621. The van der Waals surface area contributed by atoms with Crippen molar-refractivity contribution in [2.75, 3.05) is 5.32 Å². The lowest BCUT2D eigenvalue weighted by Crippen LogP contribution is -2.14. The van der Waals surface area contributed by atoms with E-state index in [4.69, 9.17) is 23.2 Å².